The van der Waals surface area contributed by atoms with Crippen molar-refractivity contribution in [1.82, 2.24) is 4.98 Å². The Balaban J connectivity index is 0.000000829. The Morgan fingerprint density at radius 1 is 1.30 bits per heavy atom. The van der Waals surface area contributed by atoms with E-state index in [2.05, 4.69) is 18.0 Å². The van der Waals surface area contributed by atoms with Crippen molar-refractivity contribution in [2.75, 3.05) is 0 Å². The van der Waals surface area contributed by atoms with Crippen LogP contribution in [-0.2, 0) is 5.60 Å². The fraction of sp³-hybridized carbons (Fsp3) is 0.611. The van der Waals surface area contributed by atoms with Crippen LogP contribution in [0.15, 0.2) is 36.2 Å². The molecule has 1 aliphatic rings. The van der Waals surface area contributed by atoms with Gasteiger partial charge in [-0.05, 0) is 43.7 Å². The number of nitrogens with zero attached hydrogens (tertiary/aromatic N) is 1. The lowest BCUT2D eigenvalue weighted by molar-refractivity contribution is 0.0381. The minimum absolute atomic E-state index is 0.670. The molecule has 1 aromatic rings. The standard InChI is InChI=1S/C14H19NO.2C2H6/c1-3-12-9-11(2)6-7-14(12,16)13-5-4-8-15-10-13;2*1-2/h3-5,8,10-11,16H,6-7,9H2,1-2H3;2*1-2H3/b12-3+;;. The second-order valence-corrected chi connectivity index (χ2v) is 4.76. The third-order valence-corrected chi connectivity index (χ3v) is 3.59. The third kappa shape index (κ3) is 4.45. The Bertz CT molecular complexity index is 386. The molecule has 0 amide bonds. The summed E-state index contributed by atoms with van der Waals surface area (Å²) in [6.45, 7) is 12.3. The van der Waals surface area contributed by atoms with Gasteiger partial charge in [0.2, 0.25) is 0 Å². The van der Waals surface area contributed by atoms with Crippen molar-refractivity contribution >= 4 is 0 Å². The van der Waals surface area contributed by atoms with Gasteiger partial charge in [0, 0.05) is 18.0 Å². The van der Waals surface area contributed by atoms with Crippen LogP contribution in [-0.4, -0.2) is 10.1 Å². The number of aliphatic hydroxyl groups is 1. The third-order valence-electron chi connectivity index (χ3n) is 3.59. The van der Waals surface area contributed by atoms with Crippen LogP contribution < -0.4 is 0 Å². The van der Waals surface area contributed by atoms with Crippen molar-refractivity contribution in [3.8, 4) is 0 Å². The summed E-state index contributed by atoms with van der Waals surface area (Å²) >= 11 is 0. The quantitative estimate of drug-likeness (QED) is 0.725. The normalized spacial score (nSPS) is 26.9. The van der Waals surface area contributed by atoms with Crippen molar-refractivity contribution in [1.29, 1.82) is 0 Å². The molecule has 1 aromatic heterocycles. The fourth-order valence-corrected chi connectivity index (χ4v) is 2.56. The van der Waals surface area contributed by atoms with Gasteiger partial charge in [0.15, 0.2) is 0 Å². The molecule has 2 atom stereocenters. The molecular formula is C18H31NO. The van der Waals surface area contributed by atoms with Crippen LogP contribution in [0.3, 0.4) is 0 Å². The molecule has 0 aromatic carbocycles. The zero-order chi connectivity index (χ0) is 15.6. The zero-order valence-corrected chi connectivity index (χ0v) is 14.0. The number of pyridine rings is 1. The number of hydrogen-bond acceptors (Lipinski definition) is 2. The highest BCUT2D eigenvalue weighted by atomic mass is 16.3. The number of aromatic nitrogens is 1. The molecule has 0 bridgehead atoms. The van der Waals surface area contributed by atoms with E-state index in [1.54, 1.807) is 12.4 Å². The summed E-state index contributed by atoms with van der Waals surface area (Å²) < 4.78 is 0. The molecule has 2 rings (SSSR count). The first-order valence-electron chi connectivity index (χ1n) is 7.95. The maximum absolute atomic E-state index is 10.8. The molecule has 2 nitrogen and oxygen atoms in total. The molecule has 20 heavy (non-hydrogen) atoms. The Hall–Kier alpha value is -1.15. The Labute approximate surface area is 125 Å². The van der Waals surface area contributed by atoms with Crippen LogP contribution in [0.2, 0.25) is 0 Å². The van der Waals surface area contributed by atoms with Crippen LogP contribution in [0.1, 0.15) is 66.4 Å². The summed E-state index contributed by atoms with van der Waals surface area (Å²) in [6, 6.07) is 3.85. The Morgan fingerprint density at radius 3 is 2.45 bits per heavy atom. The molecule has 2 heteroatoms. The highest BCUT2D eigenvalue weighted by molar-refractivity contribution is 5.32. The van der Waals surface area contributed by atoms with Crippen molar-refractivity contribution in [2.24, 2.45) is 5.92 Å². The van der Waals surface area contributed by atoms with E-state index in [9.17, 15) is 5.11 Å². The second-order valence-electron chi connectivity index (χ2n) is 4.76. The van der Waals surface area contributed by atoms with E-state index in [1.165, 1.54) is 0 Å². The predicted molar refractivity (Wildman–Crippen MR) is 87.6 cm³/mol. The van der Waals surface area contributed by atoms with Gasteiger partial charge in [-0.15, -0.1) is 0 Å². The smallest absolute Gasteiger partial charge is 0.112 e. The van der Waals surface area contributed by atoms with Gasteiger partial charge in [-0.3, -0.25) is 4.98 Å². The fourth-order valence-electron chi connectivity index (χ4n) is 2.56. The molecule has 1 N–H and O–H groups in total. The number of hydrogen-bond donors (Lipinski definition) is 1. The van der Waals surface area contributed by atoms with Gasteiger partial charge in [-0.2, -0.15) is 0 Å². The highest BCUT2D eigenvalue weighted by Gasteiger charge is 2.37. The lowest BCUT2D eigenvalue weighted by Gasteiger charge is -2.37. The molecule has 1 fully saturated rings. The monoisotopic (exact) mass is 277 g/mol. The second kappa shape index (κ2) is 9.71. The SMILES string of the molecule is C/C=C1\CC(C)CCC1(O)c1cccnc1.CC.CC. The molecule has 2 unspecified atom stereocenters. The maximum Gasteiger partial charge on any atom is 0.112 e. The van der Waals surface area contributed by atoms with Gasteiger partial charge in [0.25, 0.3) is 0 Å². The summed E-state index contributed by atoms with van der Waals surface area (Å²) in [6.07, 6.45) is 8.44. The highest BCUT2D eigenvalue weighted by Crippen LogP contribution is 2.42. The molecule has 1 aliphatic carbocycles. The first-order valence-corrected chi connectivity index (χ1v) is 7.95. The van der Waals surface area contributed by atoms with Crippen LogP contribution in [0.5, 0.6) is 0 Å². The molecule has 0 saturated heterocycles. The lowest BCUT2D eigenvalue weighted by Crippen LogP contribution is -2.33. The molecule has 1 saturated carbocycles. The average molecular weight is 277 g/mol. The van der Waals surface area contributed by atoms with E-state index in [4.69, 9.17) is 0 Å². The first-order chi connectivity index (χ1) is 9.66. The molecular weight excluding hydrogens is 246 g/mol. The van der Waals surface area contributed by atoms with Crippen LogP contribution in [0.4, 0.5) is 0 Å². The predicted octanol–water partition coefficient (Wildman–Crippen LogP) is 5.09. The molecule has 1 heterocycles. The zero-order valence-electron chi connectivity index (χ0n) is 14.0. The largest absolute Gasteiger partial charge is 0.381 e. The van der Waals surface area contributed by atoms with E-state index in [1.807, 2.05) is 46.8 Å². The average Bonchev–Trinajstić information content (AvgIpc) is 2.54. The minimum atomic E-state index is -0.782. The van der Waals surface area contributed by atoms with E-state index in [0.29, 0.717) is 5.92 Å². The van der Waals surface area contributed by atoms with Gasteiger partial charge >= 0.3 is 0 Å². The molecule has 0 spiro atoms. The Morgan fingerprint density at radius 2 is 1.95 bits per heavy atom. The molecule has 114 valence electrons. The Kier molecular flexibility index (Phi) is 9.15. The van der Waals surface area contributed by atoms with E-state index < -0.39 is 5.60 Å². The van der Waals surface area contributed by atoms with Crippen LogP contribution in [0, 0.1) is 5.92 Å². The van der Waals surface area contributed by atoms with E-state index in [0.717, 1.165) is 30.4 Å². The maximum atomic E-state index is 10.8. The topological polar surface area (TPSA) is 33.1 Å². The van der Waals surface area contributed by atoms with Crippen LogP contribution in [0.25, 0.3) is 0 Å². The minimum Gasteiger partial charge on any atom is -0.381 e. The lowest BCUT2D eigenvalue weighted by atomic mass is 9.72. The van der Waals surface area contributed by atoms with Crippen molar-refractivity contribution in [2.45, 2.75) is 66.4 Å². The van der Waals surface area contributed by atoms with Gasteiger partial charge in [0.1, 0.15) is 5.60 Å². The van der Waals surface area contributed by atoms with E-state index in [-0.39, 0.29) is 0 Å². The summed E-state index contributed by atoms with van der Waals surface area (Å²) in [7, 11) is 0. The summed E-state index contributed by atoms with van der Waals surface area (Å²) in [5, 5.41) is 10.8. The van der Waals surface area contributed by atoms with Crippen molar-refractivity contribution < 1.29 is 5.11 Å². The van der Waals surface area contributed by atoms with Gasteiger partial charge in [0.05, 0.1) is 0 Å². The summed E-state index contributed by atoms with van der Waals surface area (Å²) in [4.78, 5) is 4.11. The number of allylic oxidation sites excluding steroid dienone is 1. The van der Waals surface area contributed by atoms with Crippen LogP contribution >= 0.6 is 0 Å². The van der Waals surface area contributed by atoms with Gasteiger partial charge in [-0.1, -0.05) is 46.8 Å². The van der Waals surface area contributed by atoms with Gasteiger partial charge < -0.3 is 5.11 Å². The molecule has 0 aliphatic heterocycles. The summed E-state index contributed by atoms with van der Waals surface area (Å²) in [5.41, 5.74) is 1.28. The van der Waals surface area contributed by atoms with E-state index >= 15 is 0 Å². The summed E-state index contributed by atoms with van der Waals surface area (Å²) in [5.74, 6) is 0.670. The first kappa shape index (κ1) is 18.9. The van der Waals surface area contributed by atoms with Crippen molar-refractivity contribution in [3.05, 3.63) is 41.7 Å². The number of rotatable bonds is 1. The molecule has 0 radical (unpaired) electrons. The van der Waals surface area contributed by atoms with Gasteiger partial charge in [-0.25, -0.2) is 0 Å². The van der Waals surface area contributed by atoms with Crippen molar-refractivity contribution in [3.63, 3.8) is 0 Å².